The summed E-state index contributed by atoms with van der Waals surface area (Å²) in [7, 11) is -3.97. The van der Waals surface area contributed by atoms with E-state index in [1.807, 2.05) is 0 Å². The first-order valence-electron chi connectivity index (χ1n) is 12.6. The second-order valence-electron chi connectivity index (χ2n) is 9.85. The number of thiazole rings is 1. The third-order valence-electron chi connectivity index (χ3n) is 6.85. The maximum Gasteiger partial charge on any atom is 0.435 e. The first-order chi connectivity index (χ1) is 19.3. The molecule has 1 amide bonds. The second kappa shape index (κ2) is 11.3. The van der Waals surface area contributed by atoms with Gasteiger partial charge in [-0.05, 0) is 37.5 Å². The molecule has 0 radical (unpaired) electrons. The number of carbonyl (C=O) groups excluding carboxylic acids is 1. The van der Waals surface area contributed by atoms with Gasteiger partial charge in [-0.25, -0.2) is 9.37 Å². The van der Waals surface area contributed by atoms with Crippen molar-refractivity contribution in [1.82, 2.24) is 19.7 Å². The van der Waals surface area contributed by atoms with Crippen LogP contribution in [0.5, 0.6) is 5.75 Å². The van der Waals surface area contributed by atoms with Crippen LogP contribution < -0.4 is 4.18 Å². The number of rotatable bonds is 6. The highest BCUT2D eigenvalue weighted by atomic mass is 32.2. The fourth-order valence-corrected chi connectivity index (χ4v) is 6.20. The number of nitrogens with zero attached hydrogens (tertiary/aromatic N) is 4. The Balaban J connectivity index is 1.19. The van der Waals surface area contributed by atoms with E-state index in [1.54, 1.807) is 10.3 Å². The number of hydrogen-bond acceptors (Lipinski definition) is 9. The summed E-state index contributed by atoms with van der Waals surface area (Å²) in [5.74, 6) is -1.49. The molecule has 0 N–H and O–H groups in total. The lowest BCUT2D eigenvalue weighted by atomic mass is 9.97. The highest BCUT2D eigenvalue weighted by molar-refractivity contribution is 7.86. The molecule has 2 aliphatic heterocycles. The van der Waals surface area contributed by atoms with E-state index >= 15 is 0 Å². The zero-order valence-corrected chi connectivity index (χ0v) is 23.6. The molecule has 3 aromatic rings. The molecule has 41 heavy (non-hydrogen) atoms. The van der Waals surface area contributed by atoms with E-state index in [1.165, 1.54) is 24.3 Å². The summed E-state index contributed by atoms with van der Waals surface area (Å²) in [6.07, 6.45) is -3.38. The summed E-state index contributed by atoms with van der Waals surface area (Å²) in [4.78, 5) is 19.0. The van der Waals surface area contributed by atoms with Gasteiger partial charge < -0.3 is 18.6 Å². The van der Waals surface area contributed by atoms with Crippen LogP contribution >= 0.6 is 11.3 Å². The number of likely N-dealkylation sites (tertiary alicyclic amines) is 1. The lowest BCUT2D eigenvalue weighted by Gasteiger charge is -2.31. The molecule has 5 rings (SSSR count). The van der Waals surface area contributed by atoms with E-state index < -0.39 is 39.8 Å². The Kier molecular flexibility index (Phi) is 8.11. The van der Waals surface area contributed by atoms with Gasteiger partial charge in [-0.15, -0.1) is 11.3 Å². The van der Waals surface area contributed by atoms with Crippen LogP contribution in [0.2, 0.25) is 0 Å². The molecular formula is C25H26F4N4O6S2. The van der Waals surface area contributed by atoms with Crippen LogP contribution in [-0.4, -0.2) is 53.3 Å². The van der Waals surface area contributed by atoms with Crippen molar-refractivity contribution in [3.63, 3.8) is 0 Å². The van der Waals surface area contributed by atoms with Crippen molar-refractivity contribution in [2.75, 3.05) is 19.3 Å². The maximum atomic E-state index is 14.4. The molecule has 0 spiro atoms. The molecule has 4 heterocycles. The predicted octanol–water partition coefficient (Wildman–Crippen LogP) is 4.30. The molecule has 1 saturated heterocycles. The Hall–Kier alpha value is -3.08. The number of benzene rings is 1. The first-order valence-corrected chi connectivity index (χ1v) is 15.3. The largest absolute Gasteiger partial charge is 0.435 e. The summed E-state index contributed by atoms with van der Waals surface area (Å²) >= 11 is 1.41. The van der Waals surface area contributed by atoms with Gasteiger partial charge in [0.05, 0.1) is 24.5 Å². The fraction of sp³-hybridized carbons (Fsp3) is 0.480. The number of piperidine rings is 1. The molecule has 1 fully saturated rings. The predicted molar refractivity (Wildman–Crippen MR) is 137 cm³/mol. The van der Waals surface area contributed by atoms with Gasteiger partial charge in [0.1, 0.15) is 12.2 Å². The topological polar surface area (TPSA) is 113 Å². The van der Waals surface area contributed by atoms with Crippen LogP contribution in [0.4, 0.5) is 17.6 Å². The number of fused-ring (bicyclic) bond motifs is 1. The van der Waals surface area contributed by atoms with E-state index in [9.17, 15) is 30.8 Å². The quantitative estimate of drug-likeness (QED) is 0.297. The van der Waals surface area contributed by atoms with Gasteiger partial charge in [-0.3, -0.25) is 9.48 Å². The van der Waals surface area contributed by atoms with Crippen molar-refractivity contribution in [1.29, 1.82) is 0 Å². The highest BCUT2D eigenvalue weighted by Gasteiger charge is 2.35. The van der Waals surface area contributed by atoms with Crippen LogP contribution in [-0.2, 0) is 50.3 Å². The molecule has 1 aromatic carbocycles. The van der Waals surface area contributed by atoms with Crippen molar-refractivity contribution in [3.8, 4) is 5.75 Å². The Morgan fingerprint density at radius 1 is 1.20 bits per heavy atom. The zero-order valence-electron chi connectivity index (χ0n) is 22.0. The van der Waals surface area contributed by atoms with Crippen molar-refractivity contribution in [2.45, 2.75) is 57.9 Å². The Morgan fingerprint density at radius 2 is 1.90 bits per heavy atom. The molecule has 16 heteroatoms. The van der Waals surface area contributed by atoms with Gasteiger partial charge in [0.15, 0.2) is 17.3 Å². The van der Waals surface area contributed by atoms with E-state index in [-0.39, 0.29) is 42.8 Å². The molecule has 222 valence electrons. The lowest BCUT2D eigenvalue weighted by molar-refractivity contribution is -0.155. The van der Waals surface area contributed by atoms with Gasteiger partial charge in [0.2, 0.25) is 12.2 Å². The molecule has 2 aliphatic rings. The Morgan fingerprint density at radius 3 is 2.56 bits per heavy atom. The zero-order chi connectivity index (χ0) is 29.5. The highest BCUT2D eigenvalue weighted by Crippen LogP contribution is 2.37. The van der Waals surface area contributed by atoms with Crippen LogP contribution in [0.3, 0.4) is 0 Å². The number of ether oxygens (including phenoxy) is 2. The number of hydrogen-bond donors (Lipinski definition) is 0. The summed E-state index contributed by atoms with van der Waals surface area (Å²) in [6, 6.07) is 3.51. The monoisotopic (exact) mass is 618 g/mol. The van der Waals surface area contributed by atoms with E-state index in [0.717, 1.165) is 28.1 Å². The smallest absolute Gasteiger partial charge is 0.379 e. The minimum Gasteiger partial charge on any atom is -0.379 e. The number of aromatic nitrogens is 3. The molecule has 0 aliphatic carbocycles. The summed E-state index contributed by atoms with van der Waals surface area (Å²) < 4.78 is 94.0. The molecule has 0 saturated carbocycles. The lowest BCUT2D eigenvalue weighted by Crippen LogP contribution is -2.40. The third-order valence-corrected chi connectivity index (χ3v) is 8.34. The summed E-state index contributed by atoms with van der Waals surface area (Å²) in [5, 5.41) is 6.15. The molecular weight excluding hydrogens is 592 g/mol. The van der Waals surface area contributed by atoms with Gasteiger partial charge in [-0.1, -0.05) is 6.07 Å². The fourth-order valence-electron chi connectivity index (χ4n) is 4.73. The van der Waals surface area contributed by atoms with Crippen LogP contribution in [0.25, 0.3) is 0 Å². The van der Waals surface area contributed by atoms with Crippen molar-refractivity contribution < 1.29 is 44.4 Å². The minimum atomic E-state index is -4.58. The van der Waals surface area contributed by atoms with E-state index in [2.05, 4.69) is 10.1 Å². The maximum absolute atomic E-state index is 14.4. The number of aryl methyl sites for hydroxylation is 1. The molecule has 10 nitrogen and oxygen atoms in total. The normalized spacial score (nSPS) is 18.7. The average molecular weight is 619 g/mol. The SMILES string of the molecule is Cc1cc(C(F)(F)F)nn1CC(=O)N1CCC(c2nc(C3OCc4ccc(F)c(OS(C)(=O)=O)c4CO3)cs2)CC1. The minimum absolute atomic E-state index is 0.0218. The second-order valence-corrected chi connectivity index (χ2v) is 12.3. The van der Waals surface area contributed by atoms with Crippen molar-refractivity contribution >= 4 is 27.4 Å². The standard InChI is InChI=1S/C25H26F4N4O6S2/c1-14-9-20(25(27,28)29)31-33(14)10-21(34)32-7-5-15(6-8-32)23-30-19(13-40-23)24-37-11-16-3-4-18(26)22(17(16)12-38-24)39-41(2,35)36/h3-4,9,13,15,24H,5-8,10-12H2,1-2H3. The number of amides is 1. The number of carbonyl (C=O) groups is 1. The van der Waals surface area contributed by atoms with Crippen LogP contribution in [0, 0.1) is 12.7 Å². The molecule has 0 bridgehead atoms. The van der Waals surface area contributed by atoms with Crippen molar-refractivity contribution in [3.05, 3.63) is 62.6 Å². The summed E-state index contributed by atoms with van der Waals surface area (Å²) in [6.45, 7) is 1.91. The first kappa shape index (κ1) is 29.4. The van der Waals surface area contributed by atoms with Gasteiger partial charge in [-0.2, -0.15) is 26.7 Å². The van der Waals surface area contributed by atoms with Gasteiger partial charge >= 0.3 is 16.3 Å². The number of alkyl halides is 3. The Labute approximate surface area is 237 Å². The average Bonchev–Trinajstić information content (AvgIpc) is 3.47. The number of halogens is 4. The van der Waals surface area contributed by atoms with E-state index in [0.29, 0.717) is 37.2 Å². The Bertz CT molecular complexity index is 1550. The van der Waals surface area contributed by atoms with Gasteiger partial charge in [0.25, 0.3) is 0 Å². The molecule has 2 aromatic heterocycles. The van der Waals surface area contributed by atoms with Crippen LogP contribution in [0.1, 0.15) is 58.3 Å². The third kappa shape index (κ3) is 6.71. The molecule has 1 atom stereocenters. The van der Waals surface area contributed by atoms with E-state index in [4.69, 9.17) is 13.7 Å². The van der Waals surface area contributed by atoms with Crippen LogP contribution in [0.15, 0.2) is 23.6 Å². The van der Waals surface area contributed by atoms with Gasteiger partial charge in [0, 0.05) is 35.6 Å². The summed E-state index contributed by atoms with van der Waals surface area (Å²) in [5.41, 5.74) is 0.509. The molecule has 1 unspecified atom stereocenters. The van der Waals surface area contributed by atoms with Crippen molar-refractivity contribution in [2.24, 2.45) is 0 Å².